The van der Waals surface area contributed by atoms with Crippen LogP contribution in [0.1, 0.15) is 74.4 Å². The molecule has 0 amide bonds. The summed E-state index contributed by atoms with van der Waals surface area (Å²) in [6.07, 6.45) is 8.88. The van der Waals surface area contributed by atoms with E-state index in [1.54, 1.807) is 36.7 Å². The summed E-state index contributed by atoms with van der Waals surface area (Å²) in [6, 6.07) is 15.3. The van der Waals surface area contributed by atoms with Gasteiger partial charge in [0.2, 0.25) is 0 Å². The number of nitrogens with one attached hydrogen (secondary N) is 3. The van der Waals surface area contributed by atoms with E-state index < -0.39 is 17.6 Å². The van der Waals surface area contributed by atoms with Crippen LogP contribution < -0.4 is 16.7 Å². The van der Waals surface area contributed by atoms with Gasteiger partial charge >= 0.3 is 5.69 Å². The first-order chi connectivity index (χ1) is 21.2. The van der Waals surface area contributed by atoms with Gasteiger partial charge in [-0.1, -0.05) is 30.2 Å². The van der Waals surface area contributed by atoms with Crippen molar-refractivity contribution in [3.05, 3.63) is 99.1 Å². The molecule has 0 bridgehead atoms. The number of aryl methyl sites for hydroxylation is 1. The third-order valence-corrected chi connectivity index (χ3v) is 8.73. The molecule has 6 N–H and O–H groups in total. The summed E-state index contributed by atoms with van der Waals surface area (Å²) in [7, 11) is 0. The number of fused-ring (bicyclic) bond motifs is 1. The van der Waals surface area contributed by atoms with E-state index >= 15 is 4.39 Å². The molecule has 0 unspecified atom stereocenters. The van der Waals surface area contributed by atoms with Crippen molar-refractivity contribution in [2.45, 2.75) is 76.1 Å². The Morgan fingerprint density at radius 1 is 1.18 bits per heavy atom. The number of nitrogens with two attached hydrogens (primary N) is 1. The van der Waals surface area contributed by atoms with E-state index in [1.807, 2.05) is 31.2 Å². The number of aliphatic hydroxyl groups excluding tert-OH is 1. The van der Waals surface area contributed by atoms with E-state index in [0.29, 0.717) is 34.4 Å². The van der Waals surface area contributed by atoms with Gasteiger partial charge in [-0.05, 0) is 93.0 Å². The Labute approximate surface area is 259 Å². The van der Waals surface area contributed by atoms with Crippen LogP contribution in [-0.2, 0) is 6.42 Å². The van der Waals surface area contributed by atoms with Crippen molar-refractivity contribution in [1.29, 1.82) is 0 Å². The number of piperidine rings is 1. The molecule has 44 heavy (non-hydrogen) atoms. The Morgan fingerprint density at radius 2 is 2.00 bits per heavy atom. The van der Waals surface area contributed by atoms with E-state index in [2.05, 4.69) is 25.5 Å². The highest BCUT2D eigenvalue weighted by molar-refractivity contribution is 6.31. The summed E-state index contributed by atoms with van der Waals surface area (Å²) < 4.78 is 16.6. The Bertz CT molecular complexity index is 1780. The molecule has 0 aliphatic carbocycles. The van der Waals surface area contributed by atoms with Crippen LogP contribution in [0.2, 0.25) is 5.02 Å². The van der Waals surface area contributed by atoms with Gasteiger partial charge in [0, 0.05) is 41.5 Å². The monoisotopic (exact) mass is 617 g/mol. The maximum atomic E-state index is 15.1. The van der Waals surface area contributed by atoms with E-state index in [9.17, 15) is 9.90 Å². The molecule has 2 aromatic carbocycles. The van der Waals surface area contributed by atoms with Crippen LogP contribution in [0, 0.1) is 5.82 Å². The van der Waals surface area contributed by atoms with E-state index in [4.69, 9.17) is 17.3 Å². The molecule has 1 saturated heterocycles. The second kappa shape index (κ2) is 13.0. The number of hydrogen-bond acceptors (Lipinski definition) is 6. The van der Waals surface area contributed by atoms with Gasteiger partial charge in [-0.25, -0.2) is 9.18 Å². The number of aromatic nitrogens is 5. The number of rotatable bonds is 10. The van der Waals surface area contributed by atoms with Crippen molar-refractivity contribution < 1.29 is 9.50 Å². The smallest absolute Gasteiger partial charge is 0.354 e. The molecule has 0 radical (unpaired) electrons. The highest BCUT2D eigenvalue weighted by Gasteiger charge is 2.25. The summed E-state index contributed by atoms with van der Waals surface area (Å²) in [5, 5.41) is 21.7. The summed E-state index contributed by atoms with van der Waals surface area (Å²) in [6.45, 7) is 1.97. The van der Waals surface area contributed by atoms with Crippen LogP contribution in [0.15, 0.2) is 65.7 Å². The minimum Gasteiger partial charge on any atom is -0.387 e. The van der Waals surface area contributed by atoms with Crippen LogP contribution in [-0.4, -0.2) is 41.9 Å². The maximum Gasteiger partial charge on any atom is 0.354 e. The summed E-state index contributed by atoms with van der Waals surface area (Å²) >= 11 is 6.26. The standard InChI is InChI=1S/C33H37ClFN7O2/c1-19(36)4-2-5-20-14-25(31(35)26(34)15-20)29-16-22-18-42(33(44)40-32(22)39-29)24-10-8-21(9-11-24)27-7-3-6-23(38-27)17-30(43)28-12-13-37-41-28/h8-16,18-19,23,27,30,38,43H,2-7,17,36H2,1H3,(H,37,41)(H,39,40,44)/t19-,23-,27-,30-/m0/s1. The van der Waals surface area contributed by atoms with Crippen molar-refractivity contribution in [1.82, 2.24) is 30.0 Å². The average molecular weight is 618 g/mol. The minimum absolute atomic E-state index is 0.0531. The van der Waals surface area contributed by atoms with Gasteiger partial charge in [0.1, 0.15) is 5.65 Å². The Balaban J connectivity index is 1.20. The van der Waals surface area contributed by atoms with Crippen molar-refractivity contribution in [3.63, 3.8) is 0 Å². The Morgan fingerprint density at radius 3 is 2.75 bits per heavy atom. The molecule has 9 nitrogen and oxygen atoms in total. The lowest BCUT2D eigenvalue weighted by molar-refractivity contribution is 0.134. The number of aliphatic hydroxyl groups is 1. The fourth-order valence-corrected chi connectivity index (χ4v) is 6.36. The number of benzene rings is 2. The average Bonchev–Trinajstić information content (AvgIpc) is 3.69. The van der Waals surface area contributed by atoms with E-state index in [-0.39, 0.29) is 23.1 Å². The van der Waals surface area contributed by atoms with Gasteiger partial charge in [0.15, 0.2) is 5.82 Å². The predicted octanol–water partition coefficient (Wildman–Crippen LogP) is 5.87. The largest absolute Gasteiger partial charge is 0.387 e. The molecule has 4 heterocycles. The van der Waals surface area contributed by atoms with Gasteiger partial charge in [-0.2, -0.15) is 10.1 Å². The molecule has 6 rings (SSSR count). The first-order valence-electron chi connectivity index (χ1n) is 15.1. The molecule has 5 aromatic rings. The van der Waals surface area contributed by atoms with E-state index in [1.165, 1.54) is 4.57 Å². The first-order valence-corrected chi connectivity index (χ1v) is 15.5. The highest BCUT2D eigenvalue weighted by atomic mass is 35.5. The SMILES string of the molecule is C[C@H](N)CCCc1cc(Cl)c(F)c(-c2cc3cn(-c4ccc([C@@H]5CCC[C@@H](C[C@H](O)c6ccn[nH]6)N5)cc4)c(=O)nc3[nH]2)c1. The minimum atomic E-state index is -0.595. The lowest BCUT2D eigenvalue weighted by Gasteiger charge is -2.32. The van der Waals surface area contributed by atoms with Crippen LogP contribution in [0.4, 0.5) is 4.39 Å². The van der Waals surface area contributed by atoms with E-state index in [0.717, 1.165) is 55.3 Å². The first kappa shape index (κ1) is 30.2. The van der Waals surface area contributed by atoms with Gasteiger partial charge in [0.25, 0.3) is 0 Å². The lowest BCUT2D eigenvalue weighted by Crippen LogP contribution is -2.38. The topological polar surface area (TPSA) is 138 Å². The van der Waals surface area contributed by atoms with Crippen LogP contribution in [0.25, 0.3) is 28.0 Å². The maximum absolute atomic E-state index is 15.1. The molecule has 11 heteroatoms. The molecule has 4 atom stereocenters. The molecular formula is C33H37ClFN7O2. The zero-order valence-electron chi connectivity index (χ0n) is 24.6. The van der Waals surface area contributed by atoms with Crippen molar-refractivity contribution in [2.24, 2.45) is 5.73 Å². The third kappa shape index (κ3) is 6.63. The fourth-order valence-electron chi connectivity index (χ4n) is 6.12. The van der Waals surface area contributed by atoms with Crippen molar-refractivity contribution >= 4 is 22.6 Å². The molecule has 230 valence electrons. The summed E-state index contributed by atoms with van der Waals surface area (Å²) in [5.74, 6) is -0.519. The molecule has 1 aliphatic rings. The fraction of sp³-hybridized carbons (Fsp3) is 0.364. The molecule has 0 saturated carbocycles. The Kier molecular flexibility index (Phi) is 8.95. The zero-order valence-corrected chi connectivity index (χ0v) is 25.3. The van der Waals surface area contributed by atoms with Crippen LogP contribution in [0.3, 0.4) is 0 Å². The molecule has 1 fully saturated rings. The number of nitrogens with zero attached hydrogens (tertiary/aromatic N) is 3. The predicted molar refractivity (Wildman–Crippen MR) is 170 cm³/mol. The molecule has 3 aromatic heterocycles. The van der Waals surface area contributed by atoms with Crippen LogP contribution in [0.5, 0.6) is 0 Å². The number of H-pyrrole nitrogens is 2. The molecular weight excluding hydrogens is 581 g/mol. The third-order valence-electron chi connectivity index (χ3n) is 8.46. The van der Waals surface area contributed by atoms with Gasteiger partial charge in [-0.3, -0.25) is 9.67 Å². The molecule has 1 aliphatic heterocycles. The lowest BCUT2D eigenvalue weighted by atomic mass is 9.90. The quantitative estimate of drug-likeness (QED) is 0.133. The summed E-state index contributed by atoms with van der Waals surface area (Å²) in [5.41, 5.74) is 10.1. The van der Waals surface area contributed by atoms with Gasteiger partial charge in [-0.15, -0.1) is 0 Å². The normalized spacial score (nSPS) is 18.5. The number of hydrogen-bond donors (Lipinski definition) is 5. The number of halogens is 2. The van der Waals surface area contributed by atoms with Gasteiger partial charge in [0.05, 0.1) is 28.2 Å². The second-order valence-electron chi connectivity index (χ2n) is 11.9. The molecule has 0 spiro atoms. The van der Waals surface area contributed by atoms with Crippen molar-refractivity contribution in [3.8, 4) is 16.9 Å². The van der Waals surface area contributed by atoms with Crippen molar-refractivity contribution in [2.75, 3.05) is 0 Å². The second-order valence-corrected chi connectivity index (χ2v) is 12.3. The Hall–Kier alpha value is -3.83. The zero-order chi connectivity index (χ0) is 30.8. The van der Waals surface area contributed by atoms with Gasteiger partial charge < -0.3 is 21.1 Å². The highest BCUT2D eigenvalue weighted by Crippen LogP contribution is 2.32. The number of aromatic amines is 2. The van der Waals surface area contributed by atoms with Crippen LogP contribution >= 0.6 is 11.6 Å². The summed E-state index contributed by atoms with van der Waals surface area (Å²) in [4.78, 5) is 20.4.